The summed E-state index contributed by atoms with van der Waals surface area (Å²) in [6.45, 7) is 3.59. The highest BCUT2D eigenvalue weighted by molar-refractivity contribution is 5.73. The van der Waals surface area contributed by atoms with Crippen LogP contribution in [0.3, 0.4) is 0 Å². The molecular weight excluding hydrogens is 206 g/mol. The van der Waals surface area contributed by atoms with Gasteiger partial charge in [-0.05, 0) is 50.3 Å². The Hall–Kier alpha value is -1.26. The Morgan fingerprint density at radius 3 is 2.75 bits per heavy atom. The first-order valence-corrected chi connectivity index (χ1v) is 5.74. The molecule has 1 heterocycles. The van der Waals surface area contributed by atoms with Gasteiger partial charge in [0.2, 0.25) is 5.91 Å². The number of carbonyl (C=O) groups excluding carboxylic acids is 1. The van der Waals surface area contributed by atoms with Crippen molar-refractivity contribution >= 4 is 5.91 Å². The molecule has 0 saturated carbocycles. The van der Waals surface area contributed by atoms with Crippen molar-refractivity contribution in [3.63, 3.8) is 0 Å². The molecule has 6 heteroatoms. The van der Waals surface area contributed by atoms with E-state index in [9.17, 15) is 4.79 Å². The number of hydrogen-bond acceptors (Lipinski definition) is 3. The molecule has 1 aliphatic heterocycles. The van der Waals surface area contributed by atoms with E-state index in [-0.39, 0.29) is 5.91 Å². The quantitative estimate of drug-likeness (QED) is 0.319. The van der Waals surface area contributed by atoms with Crippen LogP contribution in [-0.4, -0.2) is 37.0 Å². The van der Waals surface area contributed by atoms with E-state index in [2.05, 4.69) is 14.9 Å². The third-order valence-corrected chi connectivity index (χ3v) is 2.99. The van der Waals surface area contributed by atoms with Crippen LogP contribution in [0.25, 0.3) is 10.4 Å². The van der Waals surface area contributed by atoms with Crippen LogP contribution in [0.5, 0.6) is 0 Å². The molecule has 1 rings (SSSR count). The number of piperidine rings is 1. The van der Waals surface area contributed by atoms with Gasteiger partial charge in [0.1, 0.15) is 0 Å². The molecule has 0 aromatic heterocycles. The fourth-order valence-corrected chi connectivity index (χ4v) is 2.11. The minimum absolute atomic E-state index is 0.193. The maximum atomic E-state index is 10.8. The van der Waals surface area contributed by atoms with Gasteiger partial charge in [0, 0.05) is 17.9 Å². The maximum absolute atomic E-state index is 10.8. The fraction of sp³-hybridized carbons (Fsp3) is 0.900. The number of primary amides is 1. The molecule has 0 spiro atoms. The Morgan fingerprint density at radius 1 is 1.50 bits per heavy atom. The van der Waals surface area contributed by atoms with Gasteiger partial charge in [0.05, 0.1) is 0 Å². The molecule has 0 atom stereocenters. The van der Waals surface area contributed by atoms with Gasteiger partial charge in [-0.1, -0.05) is 5.11 Å². The van der Waals surface area contributed by atoms with Crippen LogP contribution in [-0.2, 0) is 4.79 Å². The van der Waals surface area contributed by atoms with Gasteiger partial charge in [-0.25, -0.2) is 0 Å². The number of nitrogens with two attached hydrogens (primary N) is 1. The zero-order valence-electron chi connectivity index (χ0n) is 9.51. The van der Waals surface area contributed by atoms with Crippen LogP contribution in [0.15, 0.2) is 5.11 Å². The molecule has 0 aliphatic carbocycles. The lowest BCUT2D eigenvalue weighted by Gasteiger charge is -2.31. The fourth-order valence-electron chi connectivity index (χ4n) is 2.11. The highest BCUT2D eigenvalue weighted by Crippen LogP contribution is 2.19. The molecular formula is C10H19N5O. The van der Waals surface area contributed by atoms with Crippen molar-refractivity contribution in [2.24, 2.45) is 16.8 Å². The second kappa shape index (κ2) is 7.09. The van der Waals surface area contributed by atoms with Crippen molar-refractivity contribution in [1.82, 2.24) is 4.90 Å². The van der Waals surface area contributed by atoms with Crippen LogP contribution < -0.4 is 5.73 Å². The Kier molecular flexibility index (Phi) is 5.67. The molecule has 0 aromatic carbocycles. The molecule has 6 nitrogen and oxygen atoms in total. The molecule has 2 N–H and O–H groups in total. The summed E-state index contributed by atoms with van der Waals surface area (Å²) in [5.74, 6) is 0.271. The number of nitrogens with zero attached hydrogens (tertiary/aromatic N) is 4. The van der Waals surface area contributed by atoms with Gasteiger partial charge in [-0.2, -0.15) is 0 Å². The minimum atomic E-state index is -0.193. The standard InChI is InChI=1S/C10H19N5O/c11-10(16)8-9-2-6-15(7-3-9)5-1-4-13-14-12/h9H,1-8H2,(H2,11,16). The predicted molar refractivity (Wildman–Crippen MR) is 61.6 cm³/mol. The molecule has 0 aromatic rings. The molecule has 0 unspecified atom stereocenters. The predicted octanol–water partition coefficient (Wildman–Crippen LogP) is 1.27. The average molecular weight is 225 g/mol. The summed E-state index contributed by atoms with van der Waals surface area (Å²) in [5, 5.41) is 3.50. The van der Waals surface area contributed by atoms with Gasteiger partial charge in [0.25, 0.3) is 0 Å². The molecule has 1 amide bonds. The van der Waals surface area contributed by atoms with Crippen molar-refractivity contribution in [3.05, 3.63) is 10.4 Å². The van der Waals surface area contributed by atoms with Crippen molar-refractivity contribution in [2.75, 3.05) is 26.2 Å². The summed E-state index contributed by atoms with van der Waals surface area (Å²) < 4.78 is 0. The van der Waals surface area contributed by atoms with E-state index in [0.717, 1.165) is 38.9 Å². The summed E-state index contributed by atoms with van der Waals surface area (Å²) >= 11 is 0. The number of hydrogen-bond donors (Lipinski definition) is 1. The van der Waals surface area contributed by atoms with E-state index in [4.69, 9.17) is 11.3 Å². The largest absolute Gasteiger partial charge is 0.370 e. The topological polar surface area (TPSA) is 95.1 Å². The van der Waals surface area contributed by atoms with Gasteiger partial charge in [-0.3, -0.25) is 4.79 Å². The van der Waals surface area contributed by atoms with E-state index in [1.54, 1.807) is 0 Å². The smallest absolute Gasteiger partial charge is 0.217 e. The van der Waals surface area contributed by atoms with Crippen molar-refractivity contribution in [3.8, 4) is 0 Å². The molecule has 0 bridgehead atoms. The number of azide groups is 1. The van der Waals surface area contributed by atoms with Crippen molar-refractivity contribution in [1.29, 1.82) is 0 Å². The molecule has 16 heavy (non-hydrogen) atoms. The Balaban J connectivity index is 2.11. The number of likely N-dealkylation sites (tertiary alicyclic amines) is 1. The lowest BCUT2D eigenvalue weighted by molar-refractivity contribution is -0.119. The second-order valence-corrected chi connectivity index (χ2v) is 4.26. The van der Waals surface area contributed by atoms with E-state index < -0.39 is 0 Å². The lowest BCUT2D eigenvalue weighted by atomic mass is 9.93. The first-order valence-electron chi connectivity index (χ1n) is 5.74. The zero-order chi connectivity index (χ0) is 11.8. The molecule has 1 fully saturated rings. The molecule has 1 aliphatic rings. The van der Waals surface area contributed by atoms with E-state index >= 15 is 0 Å². The highest BCUT2D eigenvalue weighted by atomic mass is 16.1. The van der Waals surface area contributed by atoms with Crippen LogP contribution in [0.4, 0.5) is 0 Å². The molecule has 0 radical (unpaired) electrons. The molecule has 90 valence electrons. The van der Waals surface area contributed by atoms with Crippen molar-refractivity contribution < 1.29 is 4.79 Å². The first-order chi connectivity index (χ1) is 7.72. The Bertz CT molecular complexity index is 266. The van der Waals surface area contributed by atoms with Gasteiger partial charge in [-0.15, -0.1) is 0 Å². The third-order valence-electron chi connectivity index (χ3n) is 2.99. The normalized spacial score (nSPS) is 18.0. The first kappa shape index (κ1) is 12.8. The molecule has 1 saturated heterocycles. The van der Waals surface area contributed by atoms with E-state index in [1.807, 2.05) is 0 Å². The monoisotopic (exact) mass is 225 g/mol. The van der Waals surface area contributed by atoms with E-state index in [1.165, 1.54) is 0 Å². The number of carbonyl (C=O) groups is 1. The summed E-state index contributed by atoms with van der Waals surface area (Å²) in [7, 11) is 0. The SMILES string of the molecule is [N-]=[N+]=NCCCN1CCC(CC(N)=O)CC1. The summed E-state index contributed by atoms with van der Waals surface area (Å²) in [6.07, 6.45) is 3.52. The van der Waals surface area contributed by atoms with Crippen LogP contribution in [0.1, 0.15) is 25.7 Å². The number of amides is 1. The number of rotatable bonds is 6. The zero-order valence-corrected chi connectivity index (χ0v) is 9.51. The maximum Gasteiger partial charge on any atom is 0.217 e. The lowest BCUT2D eigenvalue weighted by Crippen LogP contribution is -2.35. The third kappa shape index (κ3) is 5.00. The van der Waals surface area contributed by atoms with Gasteiger partial charge < -0.3 is 10.6 Å². The van der Waals surface area contributed by atoms with Crippen LogP contribution in [0, 0.1) is 5.92 Å². The minimum Gasteiger partial charge on any atom is -0.370 e. The second-order valence-electron chi connectivity index (χ2n) is 4.26. The Morgan fingerprint density at radius 2 is 2.19 bits per heavy atom. The van der Waals surface area contributed by atoms with Crippen LogP contribution >= 0.6 is 0 Å². The van der Waals surface area contributed by atoms with Gasteiger partial charge in [0.15, 0.2) is 0 Å². The Labute approximate surface area is 95.4 Å². The van der Waals surface area contributed by atoms with E-state index in [0.29, 0.717) is 18.9 Å². The van der Waals surface area contributed by atoms with Crippen molar-refractivity contribution in [2.45, 2.75) is 25.7 Å². The summed E-state index contributed by atoms with van der Waals surface area (Å²) in [4.78, 5) is 15.8. The van der Waals surface area contributed by atoms with Crippen LogP contribution in [0.2, 0.25) is 0 Å². The summed E-state index contributed by atoms with van der Waals surface area (Å²) in [5.41, 5.74) is 13.3. The highest BCUT2D eigenvalue weighted by Gasteiger charge is 2.19. The summed E-state index contributed by atoms with van der Waals surface area (Å²) in [6, 6.07) is 0. The average Bonchev–Trinajstić information content (AvgIpc) is 2.26. The van der Waals surface area contributed by atoms with Gasteiger partial charge >= 0.3 is 0 Å².